The van der Waals surface area contributed by atoms with Gasteiger partial charge in [0.15, 0.2) is 0 Å². The molecular weight excluding hydrogens is 224 g/mol. The molecule has 3 heteroatoms. The minimum absolute atomic E-state index is 0.373. The van der Waals surface area contributed by atoms with Crippen LogP contribution in [0.1, 0.15) is 22.4 Å². The third-order valence-corrected chi connectivity index (χ3v) is 3.26. The smallest absolute Gasteiger partial charge is 0.0650 e. The Hall–Kier alpha value is -1.61. The summed E-state index contributed by atoms with van der Waals surface area (Å²) >= 11 is 0. The van der Waals surface area contributed by atoms with Gasteiger partial charge >= 0.3 is 0 Å². The second-order valence-electron chi connectivity index (χ2n) is 4.96. The van der Waals surface area contributed by atoms with Crippen LogP contribution in [0.5, 0.6) is 0 Å². The van der Waals surface area contributed by atoms with E-state index in [1.807, 2.05) is 19.3 Å². The lowest BCUT2D eigenvalue weighted by atomic mass is 10.0. The number of aromatic nitrogens is 2. The van der Waals surface area contributed by atoms with Gasteiger partial charge in [-0.15, -0.1) is 0 Å². The van der Waals surface area contributed by atoms with Gasteiger partial charge in [0.05, 0.1) is 11.8 Å². The Balaban J connectivity index is 1.98. The van der Waals surface area contributed by atoms with Gasteiger partial charge in [-0.1, -0.05) is 18.2 Å². The molecule has 1 unspecified atom stereocenters. The van der Waals surface area contributed by atoms with Gasteiger partial charge in [0, 0.05) is 19.7 Å². The highest BCUT2D eigenvalue weighted by Gasteiger charge is 2.09. The average molecular weight is 244 g/mol. The van der Waals surface area contributed by atoms with E-state index in [4.69, 9.17) is 0 Å². The highest BCUT2D eigenvalue weighted by Crippen LogP contribution is 2.13. The predicted molar refractivity (Wildman–Crippen MR) is 72.5 cm³/mol. The van der Waals surface area contributed by atoms with Crippen molar-refractivity contribution in [2.45, 2.75) is 32.8 Å². The van der Waals surface area contributed by atoms with Gasteiger partial charge in [-0.3, -0.25) is 4.68 Å². The summed E-state index contributed by atoms with van der Waals surface area (Å²) in [6.45, 7) is 4.20. The number of hydrogen-bond donors (Lipinski definition) is 1. The predicted octanol–water partition coefficient (Wildman–Crippen LogP) is 2.18. The van der Waals surface area contributed by atoms with Crippen LogP contribution in [0.15, 0.2) is 30.5 Å². The normalized spacial score (nSPS) is 12.7. The molecule has 18 heavy (non-hydrogen) atoms. The monoisotopic (exact) mass is 244 g/mol. The van der Waals surface area contributed by atoms with E-state index in [1.165, 1.54) is 16.7 Å². The van der Waals surface area contributed by atoms with Gasteiger partial charge in [-0.2, -0.15) is 5.10 Å². The van der Waals surface area contributed by atoms with Crippen molar-refractivity contribution in [2.24, 2.45) is 7.05 Å². The van der Waals surface area contributed by atoms with Crippen molar-refractivity contribution in [1.29, 1.82) is 0 Å². The molecular formula is C15H20N2O. The van der Waals surface area contributed by atoms with Crippen molar-refractivity contribution < 1.29 is 5.11 Å². The Kier molecular flexibility index (Phi) is 3.82. The van der Waals surface area contributed by atoms with Crippen LogP contribution in [0.3, 0.4) is 0 Å². The number of hydrogen-bond acceptors (Lipinski definition) is 2. The zero-order chi connectivity index (χ0) is 13.1. The summed E-state index contributed by atoms with van der Waals surface area (Å²) in [5, 5.41) is 14.4. The molecule has 2 aromatic rings. The quantitative estimate of drug-likeness (QED) is 0.895. The second kappa shape index (κ2) is 5.36. The molecule has 0 saturated heterocycles. The number of nitrogens with zero attached hydrogens (tertiary/aromatic N) is 2. The lowest BCUT2D eigenvalue weighted by molar-refractivity contribution is 0.174. The fraction of sp³-hybridized carbons (Fsp3) is 0.400. The maximum Gasteiger partial charge on any atom is 0.0650 e. The fourth-order valence-corrected chi connectivity index (χ4v) is 2.09. The van der Waals surface area contributed by atoms with Gasteiger partial charge in [0.1, 0.15) is 0 Å². The molecule has 2 rings (SSSR count). The largest absolute Gasteiger partial charge is 0.392 e. The number of aryl methyl sites for hydroxylation is 3. The lowest BCUT2D eigenvalue weighted by Crippen LogP contribution is -2.14. The molecule has 1 atom stereocenters. The van der Waals surface area contributed by atoms with Crippen molar-refractivity contribution in [3.63, 3.8) is 0 Å². The highest BCUT2D eigenvalue weighted by molar-refractivity contribution is 5.30. The molecule has 0 fully saturated rings. The van der Waals surface area contributed by atoms with E-state index in [1.54, 1.807) is 4.68 Å². The van der Waals surface area contributed by atoms with Crippen molar-refractivity contribution >= 4 is 0 Å². The Labute approximate surface area is 108 Å². The van der Waals surface area contributed by atoms with E-state index in [2.05, 4.69) is 37.1 Å². The molecule has 0 aliphatic rings. The Bertz CT molecular complexity index is 531. The van der Waals surface area contributed by atoms with Crippen LogP contribution in [-0.2, 0) is 19.9 Å². The van der Waals surface area contributed by atoms with Crippen LogP contribution >= 0.6 is 0 Å². The highest BCUT2D eigenvalue weighted by atomic mass is 16.3. The molecule has 1 aromatic heterocycles. The van der Waals surface area contributed by atoms with Gasteiger partial charge in [-0.05, 0) is 43.0 Å². The molecule has 3 nitrogen and oxygen atoms in total. The van der Waals surface area contributed by atoms with Crippen LogP contribution in [0.2, 0.25) is 0 Å². The maximum absolute atomic E-state index is 10.1. The van der Waals surface area contributed by atoms with Crippen molar-refractivity contribution in [1.82, 2.24) is 9.78 Å². The van der Waals surface area contributed by atoms with Crippen LogP contribution < -0.4 is 0 Å². The standard InChI is InChI=1S/C15H20N2O/c1-11-4-5-13(8-12(11)2)9-15(18)10-14-6-7-17(3)16-14/h4-8,15,18H,9-10H2,1-3H3. The molecule has 0 radical (unpaired) electrons. The van der Waals surface area contributed by atoms with Crippen LogP contribution in [0, 0.1) is 13.8 Å². The third-order valence-electron chi connectivity index (χ3n) is 3.26. The molecule has 1 aromatic carbocycles. The molecule has 1 N–H and O–H groups in total. The first-order valence-corrected chi connectivity index (χ1v) is 6.27. The van der Waals surface area contributed by atoms with E-state index in [9.17, 15) is 5.11 Å². The average Bonchev–Trinajstić information content (AvgIpc) is 2.69. The summed E-state index contributed by atoms with van der Waals surface area (Å²) in [7, 11) is 1.89. The first kappa shape index (κ1) is 12.8. The first-order chi connectivity index (χ1) is 8.54. The Morgan fingerprint density at radius 2 is 1.94 bits per heavy atom. The van der Waals surface area contributed by atoms with Gasteiger partial charge in [0.2, 0.25) is 0 Å². The van der Waals surface area contributed by atoms with Crippen LogP contribution in [0.4, 0.5) is 0 Å². The molecule has 0 aliphatic carbocycles. The summed E-state index contributed by atoms with van der Waals surface area (Å²) in [6, 6.07) is 8.29. The summed E-state index contributed by atoms with van der Waals surface area (Å²) < 4.78 is 1.76. The maximum atomic E-state index is 10.1. The fourth-order valence-electron chi connectivity index (χ4n) is 2.09. The number of rotatable bonds is 4. The van der Waals surface area contributed by atoms with Gasteiger partial charge in [-0.25, -0.2) is 0 Å². The number of aliphatic hydroxyl groups is 1. The summed E-state index contributed by atoms with van der Waals surface area (Å²) in [5.41, 5.74) is 4.69. The molecule has 96 valence electrons. The molecule has 1 heterocycles. The second-order valence-corrected chi connectivity index (χ2v) is 4.96. The van der Waals surface area contributed by atoms with E-state index < -0.39 is 0 Å². The first-order valence-electron chi connectivity index (χ1n) is 6.27. The Morgan fingerprint density at radius 3 is 2.56 bits per heavy atom. The van der Waals surface area contributed by atoms with Gasteiger partial charge < -0.3 is 5.11 Å². The SMILES string of the molecule is Cc1ccc(CC(O)Cc2ccn(C)n2)cc1C. The topological polar surface area (TPSA) is 38.0 Å². The van der Waals surface area contributed by atoms with E-state index in [-0.39, 0.29) is 6.10 Å². The zero-order valence-electron chi connectivity index (χ0n) is 11.2. The molecule has 0 spiro atoms. The molecule has 0 aliphatic heterocycles. The summed E-state index contributed by atoms with van der Waals surface area (Å²) in [4.78, 5) is 0. The van der Waals surface area contributed by atoms with Crippen molar-refractivity contribution in [2.75, 3.05) is 0 Å². The van der Waals surface area contributed by atoms with Crippen molar-refractivity contribution in [3.05, 3.63) is 52.8 Å². The molecule has 0 saturated carbocycles. The minimum atomic E-state index is -0.373. The third kappa shape index (κ3) is 3.20. The van der Waals surface area contributed by atoms with E-state index >= 15 is 0 Å². The van der Waals surface area contributed by atoms with Crippen LogP contribution in [0.25, 0.3) is 0 Å². The van der Waals surface area contributed by atoms with Crippen LogP contribution in [-0.4, -0.2) is 21.0 Å². The minimum Gasteiger partial charge on any atom is -0.392 e. The van der Waals surface area contributed by atoms with Crippen molar-refractivity contribution in [3.8, 4) is 0 Å². The van der Waals surface area contributed by atoms with Gasteiger partial charge in [0.25, 0.3) is 0 Å². The van der Waals surface area contributed by atoms with E-state index in [0.717, 1.165) is 5.69 Å². The number of aliphatic hydroxyl groups excluding tert-OH is 1. The molecule has 0 amide bonds. The summed E-state index contributed by atoms with van der Waals surface area (Å²) in [5.74, 6) is 0. The Morgan fingerprint density at radius 1 is 1.17 bits per heavy atom. The summed E-state index contributed by atoms with van der Waals surface area (Å²) in [6.07, 6.45) is 2.81. The number of benzene rings is 1. The van der Waals surface area contributed by atoms with E-state index in [0.29, 0.717) is 12.8 Å². The molecule has 0 bridgehead atoms. The lowest BCUT2D eigenvalue weighted by Gasteiger charge is -2.10. The zero-order valence-corrected chi connectivity index (χ0v) is 11.2.